The molecule has 2 aromatic carbocycles. The molecule has 1 aliphatic heterocycles. The monoisotopic (exact) mass is 531 g/mol. The first-order valence-corrected chi connectivity index (χ1v) is 12.5. The van der Waals surface area contributed by atoms with Gasteiger partial charge in [0, 0.05) is 18.1 Å². The van der Waals surface area contributed by atoms with E-state index in [4.69, 9.17) is 11.6 Å². The van der Waals surface area contributed by atoms with Gasteiger partial charge >= 0.3 is 6.61 Å². The number of carbonyl (C=O) groups excluding carboxylic acids is 1. The molecule has 1 aromatic heterocycles. The third-order valence-electron chi connectivity index (χ3n) is 5.89. The Morgan fingerprint density at radius 1 is 1.17 bits per heavy atom. The van der Waals surface area contributed by atoms with E-state index in [0.717, 1.165) is 5.56 Å². The van der Waals surface area contributed by atoms with Crippen LogP contribution in [0.25, 0.3) is 6.08 Å². The van der Waals surface area contributed by atoms with Gasteiger partial charge in [-0.05, 0) is 62.2 Å². The maximum absolute atomic E-state index is 13.6. The molecule has 0 radical (unpaired) electrons. The van der Waals surface area contributed by atoms with E-state index in [-0.39, 0.29) is 17.2 Å². The summed E-state index contributed by atoms with van der Waals surface area (Å²) >= 11 is 7.31. The summed E-state index contributed by atoms with van der Waals surface area (Å²) in [6.07, 6.45) is 1.67. The van der Waals surface area contributed by atoms with Crippen molar-refractivity contribution in [3.8, 4) is 5.75 Å². The van der Waals surface area contributed by atoms with Gasteiger partial charge in [0.25, 0.3) is 11.5 Å². The third-order valence-corrected chi connectivity index (χ3v) is 7.13. The van der Waals surface area contributed by atoms with Crippen LogP contribution < -0.4 is 19.6 Å². The van der Waals surface area contributed by atoms with Crippen LogP contribution in [0.4, 0.5) is 8.78 Å². The summed E-state index contributed by atoms with van der Waals surface area (Å²) in [7, 11) is 0. The van der Waals surface area contributed by atoms with Gasteiger partial charge in [-0.25, -0.2) is 4.99 Å². The summed E-state index contributed by atoms with van der Waals surface area (Å²) < 4.78 is 31.2. The molecule has 36 heavy (non-hydrogen) atoms. The van der Waals surface area contributed by atoms with Crippen LogP contribution >= 0.6 is 22.9 Å². The molecule has 1 amide bonds. The van der Waals surface area contributed by atoms with Crippen LogP contribution in [0.2, 0.25) is 5.02 Å². The van der Waals surface area contributed by atoms with Crippen molar-refractivity contribution in [3.63, 3.8) is 0 Å². The molecule has 0 fully saturated rings. The number of alkyl halides is 2. The molecule has 0 unspecified atom stereocenters. The highest BCUT2D eigenvalue weighted by molar-refractivity contribution is 7.07. The van der Waals surface area contributed by atoms with Crippen molar-refractivity contribution in [1.29, 1.82) is 0 Å². The largest absolute Gasteiger partial charge is 0.435 e. The average Bonchev–Trinajstić information content (AvgIpc) is 3.14. The summed E-state index contributed by atoms with van der Waals surface area (Å²) in [5.41, 5.74) is 2.07. The number of benzene rings is 2. The Bertz CT molecular complexity index is 1470. The van der Waals surface area contributed by atoms with Gasteiger partial charge in [-0.15, -0.1) is 0 Å². The molecular formula is C26H24ClF2N3O3S. The van der Waals surface area contributed by atoms with Crippen LogP contribution in [0.3, 0.4) is 0 Å². The lowest BCUT2D eigenvalue weighted by atomic mass is 9.94. The van der Waals surface area contributed by atoms with Gasteiger partial charge in [-0.2, -0.15) is 8.78 Å². The molecule has 188 valence electrons. The van der Waals surface area contributed by atoms with Crippen LogP contribution in [0, 0.1) is 0 Å². The molecular weight excluding hydrogens is 508 g/mol. The van der Waals surface area contributed by atoms with Crippen LogP contribution in [0.15, 0.2) is 69.6 Å². The van der Waals surface area contributed by atoms with Crippen LogP contribution in [-0.2, 0) is 4.79 Å². The minimum Gasteiger partial charge on any atom is -0.435 e. The van der Waals surface area contributed by atoms with Crippen molar-refractivity contribution in [3.05, 3.63) is 95.6 Å². The number of amides is 1. The van der Waals surface area contributed by atoms with Crippen LogP contribution in [-0.4, -0.2) is 35.1 Å². The number of hydrogen-bond acceptors (Lipinski definition) is 5. The number of likely N-dealkylation sites (N-methyl/N-ethyl adjacent to an activating group) is 1. The number of carbonyl (C=O) groups is 1. The van der Waals surface area contributed by atoms with Crippen molar-refractivity contribution in [2.45, 2.75) is 33.4 Å². The van der Waals surface area contributed by atoms with Crippen molar-refractivity contribution in [2.75, 3.05) is 13.1 Å². The van der Waals surface area contributed by atoms with E-state index < -0.39 is 12.7 Å². The van der Waals surface area contributed by atoms with E-state index in [0.29, 0.717) is 44.3 Å². The highest BCUT2D eigenvalue weighted by atomic mass is 35.5. The van der Waals surface area contributed by atoms with Crippen LogP contribution in [0.5, 0.6) is 5.75 Å². The lowest BCUT2D eigenvalue weighted by Crippen LogP contribution is -2.43. The van der Waals surface area contributed by atoms with E-state index in [1.54, 1.807) is 54.3 Å². The fourth-order valence-corrected chi connectivity index (χ4v) is 5.31. The fraction of sp³-hybridized carbons (Fsp3) is 0.269. The van der Waals surface area contributed by atoms with E-state index in [1.807, 2.05) is 13.8 Å². The van der Waals surface area contributed by atoms with E-state index in [1.165, 1.54) is 28.0 Å². The summed E-state index contributed by atoms with van der Waals surface area (Å²) in [6, 6.07) is 12.4. The number of halogens is 3. The molecule has 0 saturated carbocycles. The van der Waals surface area contributed by atoms with Crippen molar-refractivity contribution < 1.29 is 18.3 Å². The average molecular weight is 532 g/mol. The van der Waals surface area contributed by atoms with Gasteiger partial charge in [0.1, 0.15) is 5.75 Å². The normalized spacial score (nSPS) is 15.6. The molecule has 3 aromatic rings. The molecule has 10 heteroatoms. The first kappa shape index (κ1) is 25.8. The SMILES string of the molecule is CCN(CC)C(=O)C1=C(C)N=c2s/c(=C\c3ccc(OC(F)F)cc3)c(=O)n2[C@@H]1c1ccc(Cl)cc1. The second kappa shape index (κ2) is 10.8. The number of ether oxygens (including phenoxy) is 1. The van der Waals surface area contributed by atoms with Crippen molar-refractivity contribution in [1.82, 2.24) is 9.47 Å². The molecule has 0 bridgehead atoms. The van der Waals surface area contributed by atoms with E-state index in [9.17, 15) is 18.4 Å². The van der Waals surface area contributed by atoms with Gasteiger partial charge in [-0.1, -0.05) is 47.2 Å². The van der Waals surface area contributed by atoms with Gasteiger partial charge < -0.3 is 9.64 Å². The standard InChI is InChI=1S/C26H24ClF2N3O3S/c1-4-31(5-2)24(34)21-15(3)30-26-32(22(21)17-8-10-18(27)11-9-17)23(33)20(36-26)14-16-6-12-19(13-7-16)35-25(28)29/h6-14,22,25H,4-5H2,1-3H3/b20-14-/t22-/m1/s1. The zero-order chi connectivity index (χ0) is 26.0. The number of nitrogens with zero attached hydrogens (tertiary/aromatic N) is 3. The maximum atomic E-state index is 13.6. The predicted octanol–water partition coefficient (Wildman–Crippen LogP) is 4.36. The summed E-state index contributed by atoms with van der Waals surface area (Å²) in [5, 5.41) is 0.544. The minimum absolute atomic E-state index is 0.0292. The fourth-order valence-electron chi connectivity index (χ4n) is 4.13. The second-order valence-electron chi connectivity index (χ2n) is 8.06. The lowest BCUT2D eigenvalue weighted by molar-refractivity contribution is -0.127. The molecule has 6 nitrogen and oxygen atoms in total. The second-order valence-corrected chi connectivity index (χ2v) is 9.50. The smallest absolute Gasteiger partial charge is 0.387 e. The summed E-state index contributed by atoms with van der Waals surface area (Å²) in [6.45, 7) is 3.72. The Labute approximate surface area is 215 Å². The highest BCUT2D eigenvalue weighted by Crippen LogP contribution is 2.31. The van der Waals surface area contributed by atoms with E-state index >= 15 is 0 Å². The van der Waals surface area contributed by atoms with Crippen LogP contribution in [0.1, 0.15) is 37.9 Å². The quantitative estimate of drug-likeness (QED) is 0.455. The van der Waals surface area contributed by atoms with Crippen molar-refractivity contribution in [2.24, 2.45) is 4.99 Å². The minimum atomic E-state index is -2.91. The van der Waals surface area contributed by atoms with E-state index in [2.05, 4.69) is 9.73 Å². The first-order chi connectivity index (χ1) is 17.2. The number of thiazole rings is 1. The first-order valence-electron chi connectivity index (χ1n) is 11.4. The highest BCUT2D eigenvalue weighted by Gasteiger charge is 2.34. The molecule has 1 atom stereocenters. The maximum Gasteiger partial charge on any atom is 0.387 e. The zero-order valence-corrected chi connectivity index (χ0v) is 21.4. The molecule has 2 heterocycles. The number of allylic oxidation sites excluding steroid dienone is 1. The Morgan fingerprint density at radius 3 is 2.39 bits per heavy atom. The Kier molecular flexibility index (Phi) is 7.70. The number of aromatic nitrogens is 1. The zero-order valence-electron chi connectivity index (χ0n) is 19.9. The lowest BCUT2D eigenvalue weighted by Gasteiger charge is -2.29. The molecule has 0 aliphatic carbocycles. The molecule has 0 spiro atoms. The Morgan fingerprint density at radius 2 is 1.81 bits per heavy atom. The molecule has 4 rings (SSSR count). The van der Waals surface area contributed by atoms with Gasteiger partial charge in [-0.3, -0.25) is 14.2 Å². The van der Waals surface area contributed by atoms with Gasteiger partial charge in [0.05, 0.1) is 21.8 Å². The molecule has 0 N–H and O–H groups in total. The Hall–Kier alpha value is -3.30. The third kappa shape index (κ3) is 5.12. The van der Waals surface area contributed by atoms with Gasteiger partial charge in [0.2, 0.25) is 0 Å². The predicted molar refractivity (Wildman–Crippen MR) is 136 cm³/mol. The topological polar surface area (TPSA) is 63.9 Å². The summed E-state index contributed by atoms with van der Waals surface area (Å²) in [5.74, 6) is -0.147. The van der Waals surface area contributed by atoms with Crippen molar-refractivity contribution >= 4 is 34.9 Å². The Balaban J connectivity index is 1.87. The molecule has 1 aliphatic rings. The number of fused-ring (bicyclic) bond motifs is 1. The summed E-state index contributed by atoms with van der Waals surface area (Å²) in [4.78, 5) is 34.0. The number of rotatable bonds is 7. The number of hydrogen-bond donors (Lipinski definition) is 0. The van der Waals surface area contributed by atoms with Gasteiger partial charge in [0.15, 0.2) is 4.80 Å². The molecule has 0 saturated heterocycles.